The number of ether oxygens (including phenoxy) is 1. The molecule has 152 valence electrons. The number of carbonyl (C=O) groups is 1. The first-order valence-electron chi connectivity index (χ1n) is 8.57. The minimum absolute atomic E-state index is 0.202. The van der Waals surface area contributed by atoms with E-state index in [9.17, 15) is 13.2 Å². The van der Waals surface area contributed by atoms with Gasteiger partial charge in [0.25, 0.3) is 0 Å². The Kier molecular flexibility index (Phi) is 7.57. The van der Waals surface area contributed by atoms with E-state index >= 15 is 0 Å². The number of anilines is 1. The van der Waals surface area contributed by atoms with Crippen molar-refractivity contribution in [2.75, 3.05) is 17.2 Å². The first kappa shape index (κ1) is 22.3. The van der Waals surface area contributed by atoms with Crippen LogP contribution in [0.15, 0.2) is 42.5 Å². The lowest BCUT2D eigenvalue weighted by Crippen LogP contribution is -2.47. The summed E-state index contributed by atoms with van der Waals surface area (Å²) in [5, 5.41) is 3.30. The molecule has 2 aromatic carbocycles. The molecule has 0 bridgehead atoms. The highest BCUT2D eigenvalue weighted by Gasteiger charge is 2.29. The molecule has 1 amide bonds. The number of nitrogens with one attached hydrogen (secondary N) is 1. The fourth-order valence-corrected chi connectivity index (χ4v) is 4.42. The van der Waals surface area contributed by atoms with Gasteiger partial charge in [0.1, 0.15) is 11.8 Å². The predicted molar refractivity (Wildman–Crippen MR) is 113 cm³/mol. The Morgan fingerprint density at radius 3 is 2.36 bits per heavy atom. The summed E-state index contributed by atoms with van der Waals surface area (Å²) in [6, 6.07) is 10.7. The number of carbonyl (C=O) groups excluding carboxylic acids is 1. The van der Waals surface area contributed by atoms with Crippen LogP contribution in [0.4, 0.5) is 5.69 Å². The average Bonchev–Trinajstić information content (AvgIpc) is 2.59. The predicted octanol–water partition coefficient (Wildman–Crippen LogP) is 3.86. The van der Waals surface area contributed by atoms with Crippen molar-refractivity contribution in [1.82, 2.24) is 5.32 Å². The number of hydrogen-bond acceptors (Lipinski definition) is 4. The molecule has 1 unspecified atom stereocenters. The van der Waals surface area contributed by atoms with Gasteiger partial charge in [0.2, 0.25) is 15.9 Å². The molecule has 0 saturated heterocycles. The van der Waals surface area contributed by atoms with Crippen LogP contribution in [0.5, 0.6) is 5.75 Å². The van der Waals surface area contributed by atoms with E-state index < -0.39 is 22.0 Å². The molecule has 6 nitrogen and oxygen atoms in total. The van der Waals surface area contributed by atoms with Crippen molar-refractivity contribution in [2.45, 2.75) is 26.4 Å². The van der Waals surface area contributed by atoms with E-state index in [1.165, 1.54) is 25.1 Å². The van der Waals surface area contributed by atoms with Crippen molar-refractivity contribution >= 4 is 44.8 Å². The quantitative estimate of drug-likeness (QED) is 0.670. The molecular weight excluding hydrogens is 423 g/mol. The number of para-hydroxylation sites is 1. The summed E-state index contributed by atoms with van der Waals surface area (Å²) in [5.41, 5.74) is 1.01. The van der Waals surface area contributed by atoms with Crippen LogP contribution in [0.1, 0.15) is 19.4 Å². The number of rotatable bonds is 8. The van der Waals surface area contributed by atoms with Crippen LogP contribution in [-0.4, -0.2) is 33.2 Å². The molecule has 0 fully saturated rings. The molecule has 9 heteroatoms. The highest BCUT2D eigenvalue weighted by Crippen LogP contribution is 2.28. The lowest BCUT2D eigenvalue weighted by Gasteiger charge is -2.28. The van der Waals surface area contributed by atoms with Gasteiger partial charge in [0.15, 0.2) is 0 Å². The molecular formula is C19H22Cl2N2O4S. The maximum absolute atomic E-state index is 12.7. The summed E-state index contributed by atoms with van der Waals surface area (Å²) < 4.78 is 31.2. The highest BCUT2D eigenvalue weighted by atomic mass is 35.5. The van der Waals surface area contributed by atoms with Gasteiger partial charge >= 0.3 is 0 Å². The standard InChI is InChI=1S/C19H22Cl2N2O4S/c1-4-27-18-8-6-5-7-14(18)12-22-19(24)13(2)23(28(3,25)26)17-10-15(20)9-16(21)11-17/h5-11,13H,4,12H2,1-3H3,(H,22,24). The Labute approximate surface area is 175 Å². The van der Waals surface area contributed by atoms with Crippen molar-refractivity contribution in [3.05, 3.63) is 58.1 Å². The zero-order chi connectivity index (χ0) is 20.9. The van der Waals surface area contributed by atoms with Gasteiger partial charge in [-0.25, -0.2) is 8.42 Å². The molecule has 28 heavy (non-hydrogen) atoms. The fraction of sp³-hybridized carbons (Fsp3) is 0.316. The van der Waals surface area contributed by atoms with E-state index in [2.05, 4.69) is 5.32 Å². The second-order valence-corrected chi connectivity index (χ2v) is 8.85. The minimum Gasteiger partial charge on any atom is -0.494 e. The molecule has 1 N–H and O–H groups in total. The molecule has 0 spiro atoms. The Morgan fingerprint density at radius 2 is 1.79 bits per heavy atom. The van der Waals surface area contributed by atoms with Gasteiger partial charge in [-0.05, 0) is 38.1 Å². The average molecular weight is 445 g/mol. The van der Waals surface area contributed by atoms with E-state index in [0.29, 0.717) is 12.4 Å². The number of hydrogen-bond donors (Lipinski definition) is 1. The van der Waals surface area contributed by atoms with Crippen molar-refractivity contribution in [3.8, 4) is 5.75 Å². The molecule has 0 aromatic heterocycles. The normalized spacial score (nSPS) is 12.3. The topological polar surface area (TPSA) is 75.7 Å². The van der Waals surface area contributed by atoms with Gasteiger partial charge in [0.05, 0.1) is 18.6 Å². The van der Waals surface area contributed by atoms with Crippen LogP contribution < -0.4 is 14.4 Å². The third-order valence-corrected chi connectivity index (χ3v) is 5.59. The fourth-order valence-electron chi connectivity index (χ4n) is 2.75. The maximum Gasteiger partial charge on any atom is 0.243 e. The SMILES string of the molecule is CCOc1ccccc1CNC(=O)C(C)N(c1cc(Cl)cc(Cl)c1)S(C)(=O)=O. The summed E-state index contributed by atoms with van der Waals surface area (Å²) in [6.45, 7) is 4.07. The zero-order valence-electron chi connectivity index (χ0n) is 15.8. The number of amides is 1. The molecule has 0 aliphatic heterocycles. The largest absolute Gasteiger partial charge is 0.494 e. The van der Waals surface area contributed by atoms with Crippen LogP contribution in [0.2, 0.25) is 10.0 Å². The lowest BCUT2D eigenvalue weighted by atomic mass is 10.2. The Balaban J connectivity index is 2.23. The van der Waals surface area contributed by atoms with Crippen LogP contribution in [0.25, 0.3) is 0 Å². The summed E-state index contributed by atoms with van der Waals surface area (Å²) in [5.74, 6) is 0.201. The van der Waals surface area contributed by atoms with E-state index in [-0.39, 0.29) is 22.3 Å². The van der Waals surface area contributed by atoms with Gasteiger partial charge in [0, 0.05) is 22.2 Å². The lowest BCUT2D eigenvalue weighted by molar-refractivity contribution is -0.122. The maximum atomic E-state index is 12.7. The third kappa shape index (κ3) is 5.77. The van der Waals surface area contributed by atoms with Crippen molar-refractivity contribution < 1.29 is 17.9 Å². The Hall–Kier alpha value is -1.96. The summed E-state index contributed by atoms with van der Waals surface area (Å²) in [4.78, 5) is 12.7. The zero-order valence-corrected chi connectivity index (χ0v) is 18.1. The Bertz CT molecular complexity index is 930. The molecule has 0 aliphatic rings. The Morgan fingerprint density at radius 1 is 1.18 bits per heavy atom. The van der Waals surface area contributed by atoms with Gasteiger partial charge in [-0.15, -0.1) is 0 Å². The molecule has 2 rings (SSSR count). The summed E-state index contributed by atoms with van der Waals surface area (Å²) in [7, 11) is -3.76. The van der Waals surface area contributed by atoms with Crippen LogP contribution >= 0.6 is 23.2 Å². The molecule has 2 aromatic rings. The van der Waals surface area contributed by atoms with Gasteiger partial charge in [-0.2, -0.15) is 0 Å². The number of sulfonamides is 1. The molecule has 1 atom stereocenters. The monoisotopic (exact) mass is 444 g/mol. The second-order valence-electron chi connectivity index (χ2n) is 6.12. The highest BCUT2D eigenvalue weighted by molar-refractivity contribution is 7.92. The molecule has 0 saturated carbocycles. The molecule has 0 aliphatic carbocycles. The number of nitrogens with zero attached hydrogens (tertiary/aromatic N) is 1. The summed E-state index contributed by atoms with van der Waals surface area (Å²) in [6.07, 6.45) is 1.02. The van der Waals surface area contributed by atoms with Crippen molar-refractivity contribution in [2.24, 2.45) is 0 Å². The van der Waals surface area contributed by atoms with Gasteiger partial charge in [-0.3, -0.25) is 9.10 Å². The molecule has 0 heterocycles. The van der Waals surface area contributed by atoms with Gasteiger partial charge in [-0.1, -0.05) is 41.4 Å². The van der Waals surface area contributed by atoms with E-state index in [1.54, 1.807) is 0 Å². The van der Waals surface area contributed by atoms with Gasteiger partial charge < -0.3 is 10.1 Å². The first-order valence-corrected chi connectivity index (χ1v) is 11.2. The van der Waals surface area contributed by atoms with E-state index in [1.807, 2.05) is 31.2 Å². The second kappa shape index (κ2) is 9.49. The van der Waals surface area contributed by atoms with Crippen LogP contribution in [0.3, 0.4) is 0 Å². The number of halogens is 2. The van der Waals surface area contributed by atoms with E-state index in [4.69, 9.17) is 27.9 Å². The van der Waals surface area contributed by atoms with Crippen molar-refractivity contribution in [3.63, 3.8) is 0 Å². The third-order valence-electron chi connectivity index (χ3n) is 3.92. The number of benzene rings is 2. The smallest absolute Gasteiger partial charge is 0.243 e. The first-order chi connectivity index (χ1) is 13.1. The van der Waals surface area contributed by atoms with Crippen LogP contribution in [-0.2, 0) is 21.4 Å². The minimum atomic E-state index is -3.76. The summed E-state index contributed by atoms with van der Waals surface area (Å²) >= 11 is 12.0. The van der Waals surface area contributed by atoms with Crippen LogP contribution in [0, 0.1) is 0 Å². The van der Waals surface area contributed by atoms with E-state index in [0.717, 1.165) is 16.1 Å². The van der Waals surface area contributed by atoms with Crippen molar-refractivity contribution in [1.29, 1.82) is 0 Å². The molecule has 0 radical (unpaired) electrons.